The first-order valence-corrected chi connectivity index (χ1v) is 9.45. The molecule has 0 aliphatic carbocycles. The Labute approximate surface area is 184 Å². The molecule has 2 N–H and O–H groups in total. The van der Waals surface area contributed by atoms with E-state index in [0.717, 1.165) is 12.1 Å². The third-order valence-corrected chi connectivity index (χ3v) is 4.92. The summed E-state index contributed by atoms with van der Waals surface area (Å²) < 4.78 is 41.2. The molecule has 0 fully saturated rings. The highest BCUT2D eigenvalue weighted by Crippen LogP contribution is 2.19. The molecule has 1 heterocycles. The Hall–Kier alpha value is -1.33. The van der Waals surface area contributed by atoms with Crippen molar-refractivity contribution in [2.24, 2.45) is 4.99 Å². The quantitative estimate of drug-likeness (QED) is 0.291. The molecule has 4 nitrogen and oxygen atoms in total. The molecule has 2 rings (SSSR count). The van der Waals surface area contributed by atoms with Crippen molar-refractivity contribution in [3.63, 3.8) is 0 Å². The molecule has 1 aromatic heterocycles. The normalized spacial score (nSPS) is 13.0. The van der Waals surface area contributed by atoms with Gasteiger partial charge in [-0.05, 0) is 22.6 Å². The Morgan fingerprint density at radius 3 is 2.57 bits per heavy atom. The first kappa shape index (κ1) is 24.7. The van der Waals surface area contributed by atoms with Gasteiger partial charge in [-0.3, -0.25) is 4.99 Å². The number of thiophene rings is 1. The molecule has 0 saturated heterocycles. The fraction of sp³-hybridized carbons (Fsp3) is 0.421. The molecule has 0 spiro atoms. The van der Waals surface area contributed by atoms with Crippen molar-refractivity contribution in [2.75, 3.05) is 20.2 Å². The highest BCUT2D eigenvalue weighted by Gasteiger charge is 2.27. The third kappa shape index (κ3) is 9.24. The van der Waals surface area contributed by atoms with E-state index in [9.17, 15) is 13.2 Å². The van der Waals surface area contributed by atoms with E-state index in [1.807, 2.05) is 18.2 Å². The predicted octanol–water partition coefficient (Wildman–Crippen LogP) is 4.91. The van der Waals surface area contributed by atoms with E-state index in [1.54, 1.807) is 30.5 Å². The number of alkyl halides is 3. The van der Waals surface area contributed by atoms with E-state index in [-0.39, 0.29) is 30.6 Å². The van der Waals surface area contributed by atoms with Gasteiger partial charge >= 0.3 is 6.18 Å². The van der Waals surface area contributed by atoms with Crippen LogP contribution < -0.4 is 10.6 Å². The topological polar surface area (TPSA) is 45.7 Å². The summed E-state index contributed by atoms with van der Waals surface area (Å²) in [6.07, 6.45) is -4.31. The number of ether oxygens (including phenoxy) is 1. The summed E-state index contributed by atoms with van der Waals surface area (Å²) in [6, 6.07) is 11.4. The highest BCUT2D eigenvalue weighted by atomic mass is 127. The summed E-state index contributed by atoms with van der Waals surface area (Å²) in [7, 11) is 1.70. The average Bonchev–Trinajstić information content (AvgIpc) is 3.16. The molecule has 28 heavy (non-hydrogen) atoms. The van der Waals surface area contributed by atoms with E-state index >= 15 is 0 Å². The number of nitrogens with zero attached hydrogens (tertiary/aromatic N) is 1. The van der Waals surface area contributed by atoms with Crippen molar-refractivity contribution in [2.45, 2.75) is 32.2 Å². The first-order valence-electron chi connectivity index (χ1n) is 8.57. The van der Waals surface area contributed by atoms with Gasteiger partial charge in [-0.2, -0.15) is 13.2 Å². The van der Waals surface area contributed by atoms with Crippen molar-refractivity contribution < 1.29 is 17.9 Å². The van der Waals surface area contributed by atoms with Gasteiger partial charge in [0.2, 0.25) is 0 Å². The van der Waals surface area contributed by atoms with Crippen molar-refractivity contribution in [3.8, 4) is 0 Å². The highest BCUT2D eigenvalue weighted by molar-refractivity contribution is 14.0. The van der Waals surface area contributed by atoms with Crippen LogP contribution in [-0.2, 0) is 17.9 Å². The summed E-state index contributed by atoms with van der Waals surface area (Å²) in [5, 5.41) is 8.56. The molecule has 9 heteroatoms. The minimum Gasteiger partial charge on any atom is -0.367 e. The standard InChI is InChI=1S/C19H24F3N3OS.HI/c1-14(17-7-4-8-27-17)10-24-18(23-2)25-11-15-5-3-6-16(9-15)12-26-13-19(20,21)22;/h3-9,14H,10-13H2,1-2H3,(H2,23,24,25);1H. The van der Waals surface area contributed by atoms with Gasteiger partial charge in [-0.15, -0.1) is 35.3 Å². The molecule has 0 amide bonds. The number of hydrogen-bond donors (Lipinski definition) is 2. The fourth-order valence-corrected chi connectivity index (χ4v) is 3.23. The lowest BCUT2D eigenvalue weighted by molar-refractivity contribution is -0.176. The van der Waals surface area contributed by atoms with Gasteiger partial charge in [0.25, 0.3) is 0 Å². The Bertz CT molecular complexity index is 723. The number of halogens is 4. The maximum Gasteiger partial charge on any atom is 0.411 e. The number of nitrogens with one attached hydrogen (secondary N) is 2. The molecule has 0 aliphatic heterocycles. The molecule has 0 bridgehead atoms. The van der Waals surface area contributed by atoms with Gasteiger partial charge in [0.05, 0.1) is 6.61 Å². The molecule has 1 unspecified atom stereocenters. The van der Waals surface area contributed by atoms with Crippen molar-refractivity contribution in [1.29, 1.82) is 0 Å². The van der Waals surface area contributed by atoms with Crippen LogP contribution in [0.5, 0.6) is 0 Å². The molecular weight excluding hydrogens is 502 g/mol. The number of hydrogen-bond acceptors (Lipinski definition) is 3. The Kier molecular flexibility index (Phi) is 10.8. The van der Waals surface area contributed by atoms with Crippen LogP contribution >= 0.6 is 35.3 Å². The Balaban J connectivity index is 0.00000392. The predicted molar refractivity (Wildman–Crippen MR) is 119 cm³/mol. The third-order valence-electron chi connectivity index (χ3n) is 3.81. The lowest BCUT2D eigenvalue weighted by atomic mass is 10.1. The maximum absolute atomic E-state index is 12.2. The van der Waals surface area contributed by atoms with E-state index in [0.29, 0.717) is 24.0 Å². The second-order valence-corrected chi connectivity index (χ2v) is 7.13. The molecule has 0 saturated carbocycles. The fourth-order valence-electron chi connectivity index (χ4n) is 2.44. The molecule has 2 aromatic rings. The SMILES string of the molecule is CN=C(NCc1cccc(COCC(F)(F)F)c1)NCC(C)c1cccs1.I. The smallest absolute Gasteiger partial charge is 0.367 e. The van der Waals surface area contributed by atoms with Crippen LogP contribution in [0.1, 0.15) is 28.8 Å². The van der Waals surface area contributed by atoms with Gasteiger partial charge in [-0.1, -0.05) is 37.3 Å². The number of guanidine groups is 1. The number of benzene rings is 1. The number of rotatable bonds is 8. The lowest BCUT2D eigenvalue weighted by Crippen LogP contribution is -2.38. The summed E-state index contributed by atoms with van der Waals surface area (Å²) in [5.41, 5.74) is 1.64. The molecule has 156 valence electrons. The second-order valence-electron chi connectivity index (χ2n) is 6.15. The molecule has 1 atom stereocenters. The van der Waals surface area contributed by atoms with Crippen LogP contribution in [0.25, 0.3) is 0 Å². The minimum atomic E-state index is -4.31. The van der Waals surface area contributed by atoms with Gasteiger partial charge in [0, 0.05) is 30.9 Å². The largest absolute Gasteiger partial charge is 0.411 e. The maximum atomic E-state index is 12.2. The monoisotopic (exact) mass is 527 g/mol. The van der Waals surface area contributed by atoms with Crippen LogP contribution in [0.3, 0.4) is 0 Å². The zero-order chi connectivity index (χ0) is 19.7. The lowest BCUT2D eigenvalue weighted by Gasteiger charge is -2.15. The zero-order valence-electron chi connectivity index (χ0n) is 15.8. The van der Waals surface area contributed by atoms with E-state index < -0.39 is 12.8 Å². The Morgan fingerprint density at radius 1 is 1.18 bits per heavy atom. The summed E-state index contributed by atoms with van der Waals surface area (Å²) in [4.78, 5) is 5.51. The van der Waals surface area contributed by atoms with Crippen LogP contribution in [0, 0.1) is 0 Å². The van der Waals surface area contributed by atoms with Crippen molar-refractivity contribution in [1.82, 2.24) is 10.6 Å². The van der Waals surface area contributed by atoms with E-state index in [1.165, 1.54) is 4.88 Å². The van der Waals surface area contributed by atoms with Gasteiger partial charge in [0.1, 0.15) is 6.61 Å². The summed E-state index contributed by atoms with van der Waals surface area (Å²) in [6.45, 7) is 2.11. The minimum absolute atomic E-state index is 0. The second kappa shape index (κ2) is 12.3. The van der Waals surface area contributed by atoms with Crippen LogP contribution in [0.15, 0.2) is 46.8 Å². The summed E-state index contributed by atoms with van der Waals surface area (Å²) >= 11 is 1.73. The first-order chi connectivity index (χ1) is 12.9. The molecular formula is C19H25F3IN3OS. The molecule has 0 radical (unpaired) electrons. The number of aliphatic imine (C=N–C) groups is 1. The van der Waals surface area contributed by atoms with Gasteiger partial charge < -0.3 is 15.4 Å². The van der Waals surface area contributed by atoms with E-state index in [4.69, 9.17) is 4.74 Å². The average molecular weight is 527 g/mol. The van der Waals surface area contributed by atoms with Crippen LogP contribution in [0.4, 0.5) is 13.2 Å². The molecule has 0 aliphatic rings. The van der Waals surface area contributed by atoms with Crippen LogP contribution in [-0.4, -0.2) is 32.3 Å². The van der Waals surface area contributed by atoms with Gasteiger partial charge in [0.15, 0.2) is 5.96 Å². The molecule has 1 aromatic carbocycles. The van der Waals surface area contributed by atoms with Gasteiger partial charge in [-0.25, -0.2) is 0 Å². The van der Waals surface area contributed by atoms with Crippen LogP contribution in [0.2, 0.25) is 0 Å². The van der Waals surface area contributed by atoms with E-state index in [2.05, 4.69) is 34.0 Å². The zero-order valence-corrected chi connectivity index (χ0v) is 18.9. The van der Waals surface area contributed by atoms with Crippen molar-refractivity contribution >= 4 is 41.3 Å². The Morgan fingerprint density at radius 2 is 1.93 bits per heavy atom. The summed E-state index contributed by atoms with van der Waals surface area (Å²) in [5.74, 6) is 1.05. The van der Waals surface area contributed by atoms with Crippen molar-refractivity contribution in [3.05, 3.63) is 57.8 Å².